The van der Waals surface area contributed by atoms with E-state index >= 15 is 0 Å². The van der Waals surface area contributed by atoms with Crippen molar-refractivity contribution in [2.24, 2.45) is 0 Å². The fraction of sp³-hybridized carbons (Fsp3) is 0.455. The molecule has 4 nitrogen and oxygen atoms in total. The lowest BCUT2D eigenvalue weighted by Gasteiger charge is -2.22. The van der Waals surface area contributed by atoms with Crippen molar-refractivity contribution in [3.05, 3.63) is 24.1 Å². The summed E-state index contributed by atoms with van der Waals surface area (Å²) in [5, 5.41) is 5.72. The number of carbonyl (C=O) groups excluding carboxylic acids is 1. The number of aromatic nitrogens is 1. The van der Waals surface area contributed by atoms with Gasteiger partial charge in [-0.15, -0.1) is 0 Å². The van der Waals surface area contributed by atoms with Crippen molar-refractivity contribution in [3.63, 3.8) is 0 Å². The second kappa shape index (κ2) is 5.03. The third-order valence-corrected chi connectivity index (χ3v) is 2.59. The van der Waals surface area contributed by atoms with Gasteiger partial charge in [-0.3, -0.25) is 4.79 Å². The molecule has 2 rings (SSSR count). The molecule has 1 saturated heterocycles. The summed E-state index contributed by atoms with van der Waals surface area (Å²) >= 11 is 0. The van der Waals surface area contributed by atoms with Crippen molar-refractivity contribution in [2.75, 3.05) is 11.9 Å². The van der Waals surface area contributed by atoms with Crippen LogP contribution < -0.4 is 10.6 Å². The minimum Gasteiger partial charge on any atom is -0.309 e. The SMILES string of the molecule is O=C(Nc1cccc(F)n1)[C@H]1CCCCN1. The van der Waals surface area contributed by atoms with Gasteiger partial charge < -0.3 is 10.6 Å². The molecule has 16 heavy (non-hydrogen) atoms. The van der Waals surface area contributed by atoms with E-state index in [0.29, 0.717) is 0 Å². The van der Waals surface area contributed by atoms with Crippen LogP contribution in [0.1, 0.15) is 19.3 Å². The quantitative estimate of drug-likeness (QED) is 0.743. The smallest absolute Gasteiger partial charge is 0.242 e. The van der Waals surface area contributed by atoms with Gasteiger partial charge in [0, 0.05) is 0 Å². The van der Waals surface area contributed by atoms with E-state index < -0.39 is 5.95 Å². The molecule has 1 aliphatic heterocycles. The summed E-state index contributed by atoms with van der Waals surface area (Å²) in [4.78, 5) is 15.3. The first kappa shape index (κ1) is 11.0. The van der Waals surface area contributed by atoms with E-state index in [1.807, 2.05) is 0 Å². The van der Waals surface area contributed by atoms with Gasteiger partial charge >= 0.3 is 0 Å². The van der Waals surface area contributed by atoms with Crippen LogP contribution in [0.5, 0.6) is 0 Å². The van der Waals surface area contributed by atoms with E-state index in [4.69, 9.17) is 0 Å². The average Bonchev–Trinajstić information content (AvgIpc) is 2.30. The van der Waals surface area contributed by atoms with Crippen LogP contribution in [0.4, 0.5) is 10.2 Å². The lowest BCUT2D eigenvalue weighted by atomic mass is 10.0. The maximum Gasteiger partial charge on any atom is 0.242 e. The number of hydrogen-bond donors (Lipinski definition) is 2. The second-order valence-electron chi connectivity index (χ2n) is 3.84. The number of carbonyl (C=O) groups is 1. The van der Waals surface area contributed by atoms with Crippen LogP contribution in [-0.2, 0) is 4.79 Å². The van der Waals surface area contributed by atoms with E-state index in [1.165, 1.54) is 12.1 Å². The largest absolute Gasteiger partial charge is 0.309 e. The molecule has 1 aromatic rings. The van der Waals surface area contributed by atoms with Gasteiger partial charge in [-0.25, -0.2) is 4.98 Å². The number of hydrogen-bond acceptors (Lipinski definition) is 3. The first-order valence-electron chi connectivity index (χ1n) is 5.42. The normalized spacial score (nSPS) is 20.4. The first-order chi connectivity index (χ1) is 7.75. The zero-order valence-corrected chi connectivity index (χ0v) is 8.87. The molecule has 2 heterocycles. The van der Waals surface area contributed by atoms with Crippen LogP contribution in [-0.4, -0.2) is 23.5 Å². The molecule has 0 bridgehead atoms. The van der Waals surface area contributed by atoms with Crippen molar-refractivity contribution >= 4 is 11.7 Å². The Kier molecular flexibility index (Phi) is 3.46. The number of amides is 1. The topological polar surface area (TPSA) is 54.0 Å². The monoisotopic (exact) mass is 223 g/mol. The van der Waals surface area contributed by atoms with Crippen molar-refractivity contribution < 1.29 is 9.18 Å². The van der Waals surface area contributed by atoms with Gasteiger partial charge in [0.05, 0.1) is 6.04 Å². The molecule has 5 heteroatoms. The number of rotatable bonds is 2. The maximum absolute atomic E-state index is 12.8. The zero-order valence-electron chi connectivity index (χ0n) is 8.87. The minimum absolute atomic E-state index is 0.141. The number of piperidine rings is 1. The molecule has 1 fully saturated rings. The first-order valence-corrected chi connectivity index (χ1v) is 5.42. The number of anilines is 1. The van der Waals surface area contributed by atoms with Crippen molar-refractivity contribution in [1.82, 2.24) is 10.3 Å². The zero-order chi connectivity index (χ0) is 11.4. The Balaban J connectivity index is 1.96. The van der Waals surface area contributed by atoms with E-state index in [2.05, 4.69) is 15.6 Å². The summed E-state index contributed by atoms with van der Waals surface area (Å²) in [5.74, 6) is -0.468. The Morgan fingerprint density at radius 2 is 2.38 bits per heavy atom. The molecular weight excluding hydrogens is 209 g/mol. The van der Waals surface area contributed by atoms with Crippen LogP contribution in [0.3, 0.4) is 0 Å². The van der Waals surface area contributed by atoms with Crippen LogP contribution in [0.15, 0.2) is 18.2 Å². The summed E-state index contributed by atoms with van der Waals surface area (Å²) in [5.41, 5.74) is 0. The van der Waals surface area contributed by atoms with Crippen molar-refractivity contribution in [3.8, 4) is 0 Å². The molecule has 0 aromatic carbocycles. The number of nitrogens with one attached hydrogen (secondary N) is 2. The summed E-state index contributed by atoms with van der Waals surface area (Å²) in [6.07, 6.45) is 2.96. The number of nitrogens with zero attached hydrogens (tertiary/aromatic N) is 1. The molecule has 0 saturated carbocycles. The maximum atomic E-state index is 12.8. The Morgan fingerprint density at radius 1 is 1.50 bits per heavy atom. The molecule has 1 aliphatic rings. The van der Waals surface area contributed by atoms with E-state index in [-0.39, 0.29) is 17.8 Å². The molecular formula is C11H14FN3O. The average molecular weight is 223 g/mol. The fourth-order valence-electron chi connectivity index (χ4n) is 1.77. The summed E-state index contributed by atoms with van der Waals surface area (Å²) in [7, 11) is 0. The van der Waals surface area contributed by atoms with Gasteiger partial charge in [-0.05, 0) is 31.5 Å². The van der Waals surface area contributed by atoms with Gasteiger partial charge in [0.2, 0.25) is 11.9 Å². The van der Waals surface area contributed by atoms with E-state index in [9.17, 15) is 9.18 Å². The highest BCUT2D eigenvalue weighted by molar-refractivity contribution is 5.94. The molecule has 1 amide bonds. The van der Waals surface area contributed by atoms with Crippen molar-refractivity contribution in [1.29, 1.82) is 0 Å². The van der Waals surface area contributed by atoms with Gasteiger partial charge in [0.25, 0.3) is 0 Å². The highest BCUT2D eigenvalue weighted by Gasteiger charge is 2.20. The molecule has 0 unspecified atom stereocenters. The Labute approximate surface area is 93.3 Å². The second-order valence-corrected chi connectivity index (χ2v) is 3.84. The van der Waals surface area contributed by atoms with E-state index in [0.717, 1.165) is 25.8 Å². The third kappa shape index (κ3) is 2.76. The number of halogens is 1. The Hall–Kier alpha value is -1.49. The van der Waals surface area contributed by atoms with Crippen molar-refractivity contribution in [2.45, 2.75) is 25.3 Å². The molecule has 0 spiro atoms. The molecule has 1 atom stereocenters. The number of pyridine rings is 1. The summed E-state index contributed by atoms with van der Waals surface area (Å²) in [6.45, 7) is 0.856. The molecule has 86 valence electrons. The molecule has 0 radical (unpaired) electrons. The predicted molar refractivity (Wildman–Crippen MR) is 58.5 cm³/mol. The standard InChI is InChI=1S/C11H14FN3O/c12-9-5-3-6-10(14-9)15-11(16)8-4-1-2-7-13-8/h3,5-6,8,13H,1-2,4,7H2,(H,14,15,16)/t8-/m1/s1. The van der Waals surface area contributed by atoms with Gasteiger partial charge in [-0.1, -0.05) is 12.5 Å². The summed E-state index contributed by atoms with van der Waals surface area (Å²) in [6, 6.07) is 4.16. The lowest BCUT2D eigenvalue weighted by Crippen LogP contribution is -2.43. The van der Waals surface area contributed by atoms with Gasteiger partial charge in [0.1, 0.15) is 5.82 Å². The van der Waals surface area contributed by atoms with Gasteiger partial charge in [0.15, 0.2) is 0 Å². The molecule has 1 aromatic heterocycles. The van der Waals surface area contributed by atoms with Gasteiger partial charge in [-0.2, -0.15) is 4.39 Å². The van der Waals surface area contributed by atoms with Crippen LogP contribution >= 0.6 is 0 Å². The Bertz CT molecular complexity index is 377. The predicted octanol–water partition coefficient (Wildman–Crippen LogP) is 1.30. The minimum atomic E-state index is -0.589. The lowest BCUT2D eigenvalue weighted by molar-refractivity contribution is -0.118. The fourth-order valence-corrected chi connectivity index (χ4v) is 1.77. The third-order valence-electron chi connectivity index (χ3n) is 2.59. The highest BCUT2D eigenvalue weighted by Crippen LogP contribution is 2.10. The van der Waals surface area contributed by atoms with E-state index in [1.54, 1.807) is 6.07 Å². The Morgan fingerprint density at radius 3 is 3.06 bits per heavy atom. The molecule has 0 aliphatic carbocycles. The highest BCUT2D eigenvalue weighted by atomic mass is 19.1. The molecule has 2 N–H and O–H groups in total. The summed E-state index contributed by atoms with van der Waals surface area (Å²) < 4.78 is 12.8. The van der Waals surface area contributed by atoms with Crippen LogP contribution in [0.25, 0.3) is 0 Å². The van der Waals surface area contributed by atoms with Crippen LogP contribution in [0.2, 0.25) is 0 Å². The van der Waals surface area contributed by atoms with Crippen LogP contribution in [0, 0.1) is 5.95 Å².